The number of halogens is 3. The lowest BCUT2D eigenvalue weighted by molar-refractivity contribution is 0.0940. The van der Waals surface area contributed by atoms with Crippen LogP contribution in [0.4, 0.5) is 5.69 Å². The lowest BCUT2D eigenvalue weighted by atomic mass is 10.1. The second-order valence-corrected chi connectivity index (χ2v) is 7.70. The van der Waals surface area contributed by atoms with Crippen LogP contribution in [0.1, 0.15) is 16.9 Å². The van der Waals surface area contributed by atoms with E-state index in [-0.39, 0.29) is 5.91 Å². The normalized spacial score (nSPS) is 17.3. The Morgan fingerprint density at radius 2 is 2.17 bits per heavy atom. The minimum Gasteiger partial charge on any atom is -0.371 e. The third-order valence-corrected chi connectivity index (χ3v) is 5.69. The predicted molar refractivity (Wildman–Crippen MR) is 102 cm³/mol. The molecule has 0 aliphatic carbocycles. The van der Waals surface area contributed by atoms with Crippen LogP contribution in [0.2, 0.25) is 10.2 Å². The van der Waals surface area contributed by atoms with Crippen molar-refractivity contribution in [1.82, 2.24) is 9.88 Å². The smallest absolute Gasteiger partial charge is 0.268 e. The van der Waals surface area contributed by atoms with Gasteiger partial charge in [0.1, 0.15) is 10.8 Å². The Balaban J connectivity index is 1.56. The van der Waals surface area contributed by atoms with Crippen molar-refractivity contribution in [3.05, 3.63) is 50.7 Å². The first-order valence-electron chi connectivity index (χ1n) is 7.75. The third kappa shape index (κ3) is 3.73. The fourth-order valence-electron chi connectivity index (χ4n) is 2.99. The molecule has 1 atom stereocenters. The molecule has 1 saturated heterocycles. The third-order valence-electron chi connectivity index (χ3n) is 4.36. The molecule has 1 aromatic heterocycles. The van der Waals surface area contributed by atoms with Crippen LogP contribution < -0.4 is 10.2 Å². The summed E-state index contributed by atoms with van der Waals surface area (Å²) in [5.74, 6) is 0.284. The van der Waals surface area contributed by atoms with Crippen LogP contribution in [0.3, 0.4) is 0 Å². The molecule has 1 aliphatic rings. The molecule has 1 aliphatic heterocycles. The van der Waals surface area contributed by atoms with E-state index in [0.717, 1.165) is 24.0 Å². The molecule has 1 unspecified atom stereocenters. The molecule has 24 heavy (non-hydrogen) atoms. The molecule has 2 heterocycles. The predicted octanol–water partition coefficient (Wildman–Crippen LogP) is 4.35. The van der Waals surface area contributed by atoms with Crippen LogP contribution in [-0.2, 0) is 7.05 Å². The standard InChI is InChI=1S/C17H18BrCl2N3O/c1-22-15(8-14(19)16(22)20)17(24)21-9-11-5-6-23(10-11)13-4-2-3-12(18)7-13/h2-4,7-8,11H,5-6,9-10H2,1H3,(H,21,24). The van der Waals surface area contributed by atoms with Crippen molar-refractivity contribution in [1.29, 1.82) is 0 Å². The van der Waals surface area contributed by atoms with Gasteiger partial charge >= 0.3 is 0 Å². The average Bonchev–Trinajstić information content (AvgIpc) is 3.13. The SMILES string of the molecule is Cn1c(C(=O)NCC2CCN(c3cccc(Br)c3)C2)cc(Cl)c1Cl. The Kier molecular flexibility index (Phi) is 5.42. The molecule has 0 spiro atoms. The number of nitrogens with zero attached hydrogens (tertiary/aromatic N) is 2. The van der Waals surface area contributed by atoms with E-state index in [0.29, 0.717) is 28.3 Å². The van der Waals surface area contributed by atoms with E-state index in [2.05, 4.69) is 38.3 Å². The van der Waals surface area contributed by atoms with Crippen LogP contribution >= 0.6 is 39.1 Å². The summed E-state index contributed by atoms with van der Waals surface area (Å²) in [5, 5.41) is 3.77. The topological polar surface area (TPSA) is 37.3 Å². The molecule has 128 valence electrons. The lowest BCUT2D eigenvalue weighted by Crippen LogP contribution is -2.32. The van der Waals surface area contributed by atoms with Gasteiger partial charge < -0.3 is 14.8 Å². The summed E-state index contributed by atoms with van der Waals surface area (Å²) in [6.07, 6.45) is 1.06. The first-order valence-corrected chi connectivity index (χ1v) is 9.30. The number of aromatic nitrogens is 1. The number of hydrogen-bond acceptors (Lipinski definition) is 2. The van der Waals surface area contributed by atoms with Gasteiger partial charge in [0, 0.05) is 36.8 Å². The van der Waals surface area contributed by atoms with E-state index in [1.54, 1.807) is 17.7 Å². The molecule has 1 fully saturated rings. The second-order valence-electron chi connectivity index (χ2n) is 6.02. The maximum atomic E-state index is 12.3. The highest BCUT2D eigenvalue weighted by atomic mass is 79.9. The van der Waals surface area contributed by atoms with Crippen molar-refractivity contribution in [3.63, 3.8) is 0 Å². The number of hydrogen-bond donors (Lipinski definition) is 1. The van der Waals surface area contributed by atoms with Gasteiger partial charge in [0.15, 0.2) is 0 Å². The number of rotatable bonds is 4. The van der Waals surface area contributed by atoms with Gasteiger partial charge in [-0.05, 0) is 36.6 Å². The summed E-state index contributed by atoms with van der Waals surface area (Å²) in [7, 11) is 1.73. The Morgan fingerprint density at radius 3 is 2.83 bits per heavy atom. The van der Waals surface area contributed by atoms with Crippen LogP contribution in [0.5, 0.6) is 0 Å². The number of benzene rings is 1. The summed E-state index contributed by atoms with van der Waals surface area (Å²) in [4.78, 5) is 14.7. The summed E-state index contributed by atoms with van der Waals surface area (Å²) < 4.78 is 2.68. The van der Waals surface area contributed by atoms with E-state index >= 15 is 0 Å². The monoisotopic (exact) mass is 429 g/mol. The van der Waals surface area contributed by atoms with Crippen molar-refractivity contribution in [2.75, 3.05) is 24.5 Å². The minimum absolute atomic E-state index is 0.146. The molecule has 0 saturated carbocycles. The van der Waals surface area contributed by atoms with Crippen LogP contribution in [-0.4, -0.2) is 30.1 Å². The zero-order valence-electron chi connectivity index (χ0n) is 13.2. The highest BCUT2D eigenvalue weighted by molar-refractivity contribution is 9.10. The van der Waals surface area contributed by atoms with Gasteiger partial charge in [-0.25, -0.2) is 0 Å². The van der Waals surface area contributed by atoms with Crippen molar-refractivity contribution >= 4 is 50.7 Å². The maximum absolute atomic E-state index is 12.3. The number of carbonyl (C=O) groups excluding carboxylic acids is 1. The molecule has 2 aromatic rings. The Bertz CT molecular complexity index is 762. The molecule has 1 N–H and O–H groups in total. The first-order chi connectivity index (χ1) is 11.5. The number of nitrogens with one attached hydrogen (secondary N) is 1. The van der Waals surface area contributed by atoms with Gasteiger partial charge in [0.25, 0.3) is 5.91 Å². The second kappa shape index (κ2) is 7.38. The molecule has 0 radical (unpaired) electrons. The summed E-state index contributed by atoms with van der Waals surface area (Å²) in [5.41, 5.74) is 1.69. The van der Waals surface area contributed by atoms with E-state index in [4.69, 9.17) is 23.2 Å². The van der Waals surface area contributed by atoms with Gasteiger partial charge in [-0.1, -0.05) is 45.2 Å². The zero-order chi connectivity index (χ0) is 17.3. The molecule has 3 rings (SSSR count). The van der Waals surface area contributed by atoms with Crippen LogP contribution in [0.25, 0.3) is 0 Å². The molecule has 0 bridgehead atoms. The van der Waals surface area contributed by atoms with Gasteiger partial charge in [-0.2, -0.15) is 0 Å². The number of amides is 1. The van der Waals surface area contributed by atoms with Crippen molar-refractivity contribution in [2.45, 2.75) is 6.42 Å². The van der Waals surface area contributed by atoms with Crippen LogP contribution in [0.15, 0.2) is 34.8 Å². The Morgan fingerprint density at radius 1 is 1.38 bits per heavy atom. The highest BCUT2D eigenvalue weighted by Crippen LogP contribution is 2.27. The van der Waals surface area contributed by atoms with E-state index in [1.165, 1.54) is 5.69 Å². The van der Waals surface area contributed by atoms with Crippen LogP contribution in [0, 0.1) is 5.92 Å². The first kappa shape index (κ1) is 17.6. The minimum atomic E-state index is -0.146. The van der Waals surface area contributed by atoms with Gasteiger partial charge in [-0.15, -0.1) is 0 Å². The highest BCUT2D eigenvalue weighted by Gasteiger charge is 2.24. The number of carbonyl (C=O) groups is 1. The van der Waals surface area contributed by atoms with Gasteiger partial charge in [-0.3, -0.25) is 4.79 Å². The molecule has 7 heteroatoms. The zero-order valence-corrected chi connectivity index (χ0v) is 16.3. The fraction of sp³-hybridized carbons (Fsp3) is 0.353. The Labute approximate surface area is 159 Å². The molecule has 1 aromatic carbocycles. The Hall–Kier alpha value is -1.17. The summed E-state index contributed by atoms with van der Waals surface area (Å²) >= 11 is 15.5. The average molecular weight is 431 g/mol. The lowest BCUT2D eigenvalue weighted by Gasteiger charge is -2.19. The van der Waals surface area contributed by atoms with Crippen molar-refractivity contribution in [2.24, 2.45) is 13.0 Å². The summed E-state index contributed by atoms with van der Waals surface area (Å²) in [6, 6.07) is 9.89. The quantitative estimate of drug-likeness (QED) is 0.782. The molecular weight excluding hydrogens is 413 g/mol. The van der Waals surface area contributed by atoms with Crippen molar-refractivity contribution in [3.8, 4) is 0 Å². The van der Waals surface area contributed by atoms with Crippen molar-refractivity contribution < 1.29 is 4.79 Å². The summed E-state index contributed by atoms with van der Waals surface area (Å²) in [6.45, 7) is 2.58. The molecule has 4 nitrogen and oxygen atoms in total. The fourth-order valence-corrected chi connectivity index (χ4v) is 3.76. The molecular formula is C17H18BrCl2N3O. The van der Waals surface area contributed by atoms with Gasteiger partial charge in [0.05, 0.1) is 5.02 Å². The number of anilines is 1. The largest absolute Gasteiger partial charge is 0.371 e. The van der Waals surface area contributed by atoms with E-state index < -0.39 is 0 Å². The molecule has 1 amide bonds. The van der Waals surface area contributed by atoms with E-state index in [1.807, 2.05) is 12.1 Å². The van der Waals surface area contributed by atoms with Gasteiger partial charge in [0.2, 0.25) is 0 Å². The maximum Gasteiger partial charge on any atom is 0.268 e. The van der Waals surface area contributed by atoms with E-state index in [9.17, 15) is 4.79 Å².